The van der Waals surface area contributed by atoms with Crippen LogP contribution in [0, 0.1) is 5.82 Å². The molecule has 0 bridgehead atoms. The normalized spacial score (nSPS) is 13.6. The van der Waals surface area contributed by atoms with Crippen LogP contribution in [0.25, 0.3) is 0 Å². The Morgan fingerprint density at radius 2 is 1.89 bits per heavy atom. The summed E-state index contributed by atoms with van der Waals surface area (Å²) in [6, 6.07) is 2.64. The summed E-state index contributed by atoms with van der Waals surface area (Å²) in [7, 11) is 0. The number of hydrogen-bond donors (Lipinski definition) is 1. The number of halogens is 4. The SMILES string of the molecule is NC(c1ccoc1)c1cc(C(F)(F)F)ccc1F. The maximum atomic E-state index is 13.5. The van der Waals surface area contributed by atoms with E-state index in [0.717, 1.165) is 6.07 Å². The third-order valence-electron chi connectivity index (χ3n) is 2.56. The highest BCUT2D eigenvalue weighted by Gasteiger charge is 2.31. The maximum absolute atomic E-state index is 13.5. The van der Waals surface area contributed by atoms with Crippen molar-refractivity contribution in [3.05, 3.63) is 59.3 Å². The van der Waals surface area contributed by atoms with Crippen LogP contribution < -0.4 is 5.73 Å². The molecular weight excluding hydrogens is 250 g/mol. The van der Waals surface area contributed by atoms with E-state index in [9.17, 15) is 17.6 Å². The smallest absolute Gasteiger partial charge is 0.416 e. The predicted octanol–water partition coefficient (Wildman–Crippen LogP) is 3.49. The van der Waals surface area contributed by atoms with Crippen molar-refractivity contribution in [1.29, 1.82) is 0 Å². The summed E-state index contributed by atoms with van der Waals surface area (Å²) in [5.41, 5.74) is 4.97. The molecule has 6 heteroatoms. The Morgan fingerprint density at radius 1 is 1.17 bits per heavy atom. The van der Waals surface area contributed by atoms with Gasteiger partial charge >= 0.3 is 6.18 Å². The number of benzene rings is 1. The average Bonchev–Trinajstić information content (AvgIpc) is 2.80. The van der Waals surface area contributed by atoms with E-state index >= 15 is 0 Å². The monoisotopic (exact) mass is 259 g/mol. The first-order chi connectivity index (χ1) is 8.39. The van der Waals surface area contributed by atoms with Crippen molar-refractivity contribution in [3.8, 4) is 0 Å². The Morgan fingerprint density at radius 3 is 2.44 bits per heavy atom. The second kappa shape index (κ2) is 4.45. The molecule has 2 nitrogen and oxygen atoms in total. The zero-order valence-electron chi connectivity index (χ0n) is 9.04. The van der Waals surface area contributed by atoms with E-state index < -0.39 is 23.6 Å². The fourth-order valence-corrected chi connectivity index (χ4v) is 1.59. The molecule has 2 aromatic rings. The number of furan rings is 1. The Bertz CT molecular complexity index is 534. The standard InChI is InChI=1S/C12H9F4NO/c13-10-2-1-8(12(14,15)16)5-9(10)11(17)7-3-4-18-6-7/h1-6,11H,17H2. The molecule has 0 saturated carbocycles. The number of rotatable bonds is 2. The van der Waals surface area contributed by atoms with Crippen LogP contribution in [-0.4, -0.2) is 0 Å². The van der Waals surface area contributed by atoms with Gasteiger partial charge in [-0.05, 0) is 24.3 Å². The van der Waals surface area contributed by atoms with Gasteiger partial charge in [0.15, 0.2) is 0 Å². The molecule has 1 aromatic heterocycles. The highest BCUT2D eigenvalue weighted by atomic mass is 19.4. The Balaban J connectivity index is 2.44. The van der Waals surface area contributed by atoms with Gasteiger partial charge in [-0.15, -0.1) is 0 Å². The summed E-state index contributed by atoms with van der Waals surface area (Å²) in [5, 5.41) is 0. The Kier molecular flexibility index (Phi) is 3.13. The number of nitrogens with two attached hydrogens (primary N) is 1. The van der Waals surface area contributed by atoms with Gasteiger partial charge in [0.25, 0.3) is 0 Å². The summed E-state index contributed by atoms with van der Waals surface area (Å²) >= 11 is 0. The molecule has 1 heterocycles. The first kappa shape index (κ1) is 12.6. The van der Waals surface area contributed by atoms with Crippen LogP contribution in [0.3, 0.4) is 0 Å². The van der Waals surface area contributed by atoms with Crippen molar-refractivity contribution in [2.24, 2.45) is 5.73 Å². The topological polar surface area (TPSA) is 39.2 Å². The summed E-state index contributed by atoms with van der Waals surface area (Å²) in [6.07, 6.45) is -1.94. The van der Waals surface area contributed by atoms with E-state index in [0.29, 0.717) is 17.7 Å². The van der Waals surface area contributed by atoms with Crippen molar-refractivity contribution in [3.63, 3.8) is 0 Å². The van der Waals surface area contributed by atoms with Crippen molar-refractivity contribution in [1.82, 2.24) is 0 Å². The number of hydrogen-bond acceptors (Lipinski definition) is 2. The van der Waals surface area contributed by atoms with Crippen molar-refractivity contribution >= 4 is 0 Å². The molecule has 1 aromatic carbocycles. The molecule has 0 aliphatic carbocycles. The predicted molar refractivity (Wildman–Crippen MR) is 56.1 cm³/mol. The van der Waals surface area contributed by atoms with Crippen molar-refractivity contribution in [2.45, 2.75) is 12.2 Å². The molecule has 18 heavy (non-hydrogen) atoms. The molecule has 0 radical (unpaired) electrons. The molecular formula is C12H9F4NO. The molecule has 1 unspecified atom stereocenters. The molecule has 0 spiro atoms. The third-order valence-corrected chi connectivity index (χ3v) is 2.56. The molecule has 2 N–H and O–H groups in total. The van der Waals surface area contributed by atoms with Gasteiger partial charge in [-0.3, -0.25) is 0 Å². The first-order valence-electron chi connectivity index (χ1n) is 5.04. The van der Waals surface area contributed by atoms with E-state index in [1.54, 1.807) is 0 Å². The van der Waals surface area contributed by atoms with E-state index in [1.807, 2.05) is 0 Å². The molecule has 1 atom stereocenters. The van der Waals surface area contributed by atoms with Gasteiger partial charge in [0.05, 0.1) is 24.1 Å². The zero-order chi connectivity index (χ0) is 13.3. The zero-order valence-corrected chi connectivity index (χ0v) is 9.04. The molecule has 0 fully saturated rings. The second-order valence-corrected chi connectivity index (χ2v) is 3.77. The van der Waals surface area contributed by atoms with E-state index in [4.69, 9.17) is 10.2 Å². The molecule has 0 aliphatic heterocycles. The number of alkyl halides is 3. The molecule has 96 valence electrons. The summed E-state index contributed by atoms with van der Waals surface area (Å²) in [4.78, 5) is 0. The quantitative estimate of drug-likeness (QED) is 0.838. The van der Waals surface area contributed by atoms with E-state index in [2.05, 4.69) is 0 Å². The lowest BCUT2D eigenvalue weighted by molar-refractivity contribution is -0.137. The van der Waals surface area contributed by atoms with Crippen LogP contribution in [0.15, 0.2) is 41.2 Å². The molecule has 2 rings (SSSR count). The van der Waals surface area contributed by atoms with E-state index in [1.165, 1.54) is 18.6 Å². The third kappa shape index (κ3) is 2.38. The van der Waals surface area contributed by atoms with E-state index in [-0.39, 0.29) is 5.56 Å². The maximum Gasteiger partial charge on any atom is 0.416 e. The second-order valence-electron chi connectivity index (χ2n) is 3.77. The largest absolute Gasteiger partial charge is 0.472 e. The van der Waals surface area contributed by atoms with Crippen LogP contribution >= 0.6 is 0 Å². The van der Waals surface area contributed by atoms with Crippen LogP contribution in [-0.2, 0) is 6.18 Å². The fourth-order valence-electron chi connectivity index (χ4n) is 1.59. The molecule has 0 amide bonds. The van der Waals surface area contributed by atoms with Gasteiger partial charge in [0, 0.05) is 11.1 Å². The van der Waals surface area contributed by atoms with Crippen molar-refractivity contribution < 1.29 is 22.0 Å². The minimum Gasteiger partial charge on any atom is -0.472 e. The van der Waals surface area contributed by atoms with Crippen LogP contribution in [0.4, 0.5) is 17.6 Å². The molecule has 0 aliphatic rings. The van der Waals surface area contributed by atoms with Gasteiger partial charge in [-0.25, -0.2) is 4.39 Å². The van der Waals surface area contributed by atoms with Gasteiger partial charge in [-0.2, -0.15) is 13.2 Å². The Hall–Kier alpha value is -1.82. The summed E-state index contributed by atoms with van der Waals surface area (Å²) in [6.45, 7) is 0. The minimum atomic E-state index is -4.53. The average molecular weight is 259 g/mol. The van der Waals surface area contributed by atoms with Crippen LogP contribution in [0.5, 0.6) is 0 Å². The summed E-state index contributed by atoms with van der Waals surface area (Å²) in [5.74, 6) is -0.781. The fraction of sp³-hybridized carbons (Fsp3) is 0.167. The summed E-state index contributed by atoms with van der Waals surface area (Å²) < 4.78 is 55.9. The minimum absolute atomic E-state index is 0.216. The van der Waals surface area contributed by atoms with Gasteiger partial charge in [0.2, 0.25) is 0 Å². The highest BCUT2D eigenvalue weighted by molar-refractivity contribution is 5.34. The lowest BCUT2D eigenvalue weighted by Crippen LogP contribution is -2.15. The van der Waals surface area contributed by atoms with Crippen molar-refractivity contribution in [2.75, 3.05) is 0 Å². The molecule has 0 saturated heterocycles. The lowest BCUT2D eigenvalue weighted by atomic mass is 9.99. The van der Waals surface area contributed by atoms with Crippen LogP contribution in [0.1, 0.15) is 22.7 Å². The highest BCUT2D eigenvalue weighted by Crippen LogP contribution is 2.32. The van der Waals surface area contributed by atoms with Crippen LogP contribution in [0.2, 0.25) is 0 Å². The Labute approximate surface area is 100 Å². The van der Waals surface area contributed by atoms with Gasteiger partial charge < -0.3 is 10.2 Å². The van der Waals surface area contributed by atoms with Gasteiger partial charge in [0.1, 0.15) is 5.82 Å². The van der Waals surface area contributed by atoms with Gasteiger partial charge in [-0.1, -0.05) is 0 Å². The lowest BCUT2D eigenvalue weighted by Gasteiger charge is -2.14. The first-order valence-corrected chi connectivity index (χ1v) is 5.04.